The molecule has 140 valence electrons. The molecule has 0 radical (unpaired) electrons. The van der Waals surface area contributed by atoms with Gasteiger partial charge in [-0.05, 0) is 54.2 Å². The van der Waals surface area contributed by atoms with E-state index in [1.54, 1.807) is 24.3 Å². The zero-order valence-electron chi connectivity index (χ0n) is 15.6. The molecule has 3 nitrogen and oxygen atoms in total. The molecule has 26 heavy (non-hydrogen) atoms. The van der Waals surface area contributed by atoms with Crippen molar-refractivity contribution in [1.29, 1.82) is 0 Å². The highest BCUT2D eigenvalue weighted by Crippen LogP contribution is 2.27. The van der Waals surface area contributed by atoms with Crippen LogP contribution in [0.2, 0.25) is 5.02 Å². The third kappa shape index (κ3) is 6.60. The first-order valence-corrected chi connectivity index (χ1v) is 10.2. The van der Waals surface area contributed by atoms with Gasteiger partial charge in [0.25, 0.3) is 10.1 Å². The van der Waals surface area contributed by atoms with Gasteiger partial charge >= 0.3 is 0 Å². The Bertz CT molecular complexity index is 859. The van der Waals surface area contributed by atoms with E-state index in [9.17, 15) is 8.42 Å². The average molecular weight is 393 g/mol. The van der Waals surface area contributed by atoms with Crippen molar-refractivity contribution in [2.45, 2.75) is 39.0 Å². The van der Waals surface area contributed by atoms with Gasteiger partial charge in [0.05, 0.1) is 11.5 Å². The van der Waals surface area contributed by atoms with E-state index in [-0.39, 0.29) is 16.9 Å². The summed E-state index contributed by atoms with van der Waals surface area (Å²) in [4.78, 5) is 0.171. The molecule has 0 bridgehead atoms. The lowest BCUT2D eigenvalue weighted by atomic mass is 9.87. The van der Waals surface area contributed by atoms with Gasteiger partial charge in [0.15, 0.2) is 0 Å². The molecule has 0 atom stereocenters. The normalized spacial score (nSPS) is 13.0. The number of rotatable bonds is 6. The average Bonchev–Trinajstić information content (AvgIpc) is 2.54. The zero-order valence-corrected chi connectivity index (χ0v) is 17.2. The highest BCUT2D eigenvalue weighted by molar-refractivity contribution is 7.86. The summed E-state index contributed by atoms with van der Waals surface area (Å²) in [5.74, 6) is 0. The standard InChI is InChI=1S/C21H25ClO3S/c1-16-5-11-20(12-6-16)26(23,24)25-15-18(14-21(2,3)4)13-17-7-9-19(22)10-8-17/h5-13H,14-15H2,1-4H3/b18-13+. The summed E-state index contributed by atoms with van der Waals surface area (Å²) in [5, 5.41) is 0.665. The third-order valence-corrected chi connectivity index (χ3v) is 5.24. The van der Waals surface area contributed by atoms with Crippen molar-refractivity contribution in [2.75, 3.05) is 6.61 Å². The van der Waals surface area contributed by atoms with Crippen molar-refractivity contribution in [2.24, 2.45) is 5.41 Å². The van der Waals surface area contributed by atoms with Crippen molar-refractivity contribution in [1.82, 2.24) is 0 Å². The smallest absolute Gasteiger partial charge is 0.262 e. The van der Waals surface area contributed by atoms with Gasteiger partial charge in [-0.3, -0.25) is 4.18 Å². The topological polar surface area (TPSA) is 43.4 Å². The van der Waals surface area contributed by atoms with Gasteiger partial charge in [-0.15, -0.1) is 0 Å². The number of hydrogen-bond acceptors (Lipinski definition) is 3. The van der Waals surface area contributed by atoms with E-state index in [2.05, 4.69) is 20.8 Å². The second-order valence-electron chi connectivity index (χ2n) is 7.62. The van der Waals surface area contributed by atoms with Crippen LogP contribution in [0.4, 0.5) is 0 Å². The minimum Gasteiger partial charge on any atom is -0.262 e. The molecule has 2 aromatic rings. The van der Waals surface area contributed by atoms with Gasteiger partial charge in [0, 0.05) is 5.02 Å². The number of aryl methyl sites for hydroxylation is 1. The molecule has 0 fully saturated rings. The lowest BCUT2D eigenvalue weighted by Gasteiger charge is -2.20. The summed E-state index contributed by atoms with van der Waals surface area (Å²) >= 11 is 5.93. The SMILES string of the molecule is Cc1ccc(S(=O)(=O)OC/C(=C/c2ccc(Cl)cc2)CC(C)(C)C)cc1. The summed E-state index contributed by atoms with van der Waals surface area (Å²) < 4.78 is 30.2. The van der Waals surface area contributed by atoms with Crippen molar-refractivity contribution in [3.8, 4) is 0 Å². The Balaban J connectivity index is 2.21. The molecule has 0 N–H and O–H groups in total. The lowest BCUT2D eigenvalue weighted by Crippen LogP contribution is -2.13. The Hall–Kier alpha value is -1.62. The molecule has 0 aliphatic heterocycles. The maximum absolute atomic E-state index is 12.4. The lowest BCUT2D eigenvalue weighted by molar-refractivity contribution is 0.323. The molecule has 0 saturated heterocycles. The maximum atomic E-state index is 12.4. The molecule has 2 aromatic carbocycles. The van der Waals surface area contributed by atoms with E-state index in [0.29, 0.717) is 5.02 Å². The van der Waals surface area contributed by atoms with Crippen LogP contribution in [-0.4, -0.2) is 15.0 Å². The largest absolute Gasteiger partial charge is 0.297 e. The quantitative estimate of drug-likeness (QED) is 0.577. The van der Waals surface area contributed by atoms with Crippen LogP contribution in [0.5, 0.6) is 0 Å². The predicted molar refractivity (Wildman–Crippen MR) is 108 cm³/mol. The van der Waals surface area contributed by atoms with E-state index in [1.165, 1.54) is 0 Å². The van der Waals surface area contributed by atoms with Gasteiger partial charge in [-0.25, -0.2) is 0 Å². The van der Waals surface area contributed by atoms with E-state index in [1.807, 2.05) is 37.3 Å². The molecule has 0 heterocycles. The van der Waals surface area contributed by atoms with E-state index >= 15 is 0 Å². The second kappa shape index (κ2) is 8.38. The van der Waals surface area contributed by atoms with Crippen LogP contribution in [-0.2, 0) is 14.3 Å². The Kier molecular flexibility index (Phi) is 6.67. The van der Waals surface area contributed by atoms with Gasteiger partial charge in [-0.1, -0.05) is 68.3 Å². The summed E-state index contributed by atoms with van der Waals surface area (Å²) in [7, 11) is -3.79. The van der Waals surface area contributed by atoms with Crippen LogP contribution >= 0.6 is 11.6 Å². The van der Waals surface area contributed by atoms with Crippen molar-refractivity contribution in [3.63, 3.8) is 0 Å². The Labute approximate surface area is 161 Å². The summed E-state index contributed by atoms with van der Waals surface area (Å²) in [6.07, 6.45) is 2.69. The van der Waals surface area contributed by atoms with Crippen LogP contribution in [0.15, 0.2) is 59.0 Å². The fourth-order valence-electron chi connectivity index (χ4n) is 2.55. The summed E-state index contributed by atoms with van der Waals surface area (Å²) in [6, 6.07) is 14.1. The van der Waals surface area contributed by atoms with E-state index < -0.39 is 10.1 Å². The predicted octanol–water partition coefficient (Wildman–Crippen LogP) is 5.87. The van der Waals surface area contributed by atoms with Gasteiger partial charge in [0.1, 0.15) is 0 Å². The van der Waals surface area contributed by atoms with Crippen LogP contribution in [0.3, 0.4) is 0 Å². The molecule has 0 aliphatic rings. The number of benzene rings is 2. The number of halogens is 1. The summed E-state index contributed by atoms with van der Waals surface area (Å²) in [6.45, 7) is 8.26. The first kappa shape index (κ1) is 20.7. The Morgan fingerprint density at radius 3 is 2.15 bits per heavy atom. The highest BCUT2D eigenvalue weighted by atomic mass is 35.5. The summed E-state index contributed by atoms with van der Waals surface area (Å²) in [5.41, 5.74) is 2.88. The molecule has 0 aliphatic carbocycles. The minimum absolute atomic E-state index is 0.00917. The molecule has 2 rings (SSSR count). The first-order valence-electron chi connectivity index (χ1n) is 8.46. The fraction of sp³-hybridized carbons (Fsp3) is 0.333. The fourth-order valence-corrected chi connectivity index (χ4v) is 3.58. The molecular formula is C21H25ClO3S. The maximum Gasteiger partial charge on any atom is 0.297 e. The zero-order chi connectivity index (χ0) is 19.4. The highest BCUT2D eigenvalue weighted by Gasteiger charge is 2.19. The van der Waals surface area contributed by atoms with Gasteiger partial charge in [-0.2, -0.15) is 8.42 Å². The number of hydrogen-bond donors (Lipinski definition) is 0. The van der Waals surface area contributed by atoms with Crippen molar-refractivity contribution < 1.29 is 12.6 Å². The van der Waals surface area contributed by atoms with Crippen LogP contribution in [0.25, 0.3) is 6.08 Å². The second-order valence-corrected chi connectivity index (χ2v) is 9.67. The van der Waals surface area contributed by atoms with E-state index in [0.717, 1.165) is 23.1 Å². The third-order valence-electron chi connectivity index (χ3n) is 3.71. The molecule has 0 aromatic heterocycles. The molecule has 0 amide bonds. The van der Waals surface area contributed by atoms with E-state index in [4.69, 9.17) is 15.8 Å². The first-order chi connectivity index (χ1) is 12.0. The monoisotopic (exact) mass is 392 g/mol. The van der Waals surface area contributed by atoms with Gasteiger partial charge < -0.3 is 0 Å². The molecule has 0 spiro atoms. The van der Waals surface area contributed by atoms with Crippen LogP contribution in [0, 0.1) is 12.3 Å². The molecular weight excluding hydrogens is 368 g/mol. The molecule has 5 heteroatoms. The molecule has 0 saturated carbocycles. The Morgan fingerprint density at radius 1 is 1.04 bits per heavy atom. The Morgan fingerprint density at radius 2 is 1.62 bits per heavy atom. The van der Waals surface area contributed by atoms with Crippen molar-refractivity contribution in [3.05, 3.63) is 70.3 Å². The van der Waals surface area contributed by atoms with Crippen LogP contribution < -0.4 is 0 Å². The van der Waals surface area contributed by atoms with Crippen molar-refractivity contribution >= 4 is 27.8 Å². The van der Waals surface area contributed by atoms with Gasteiger partial charge in [0.2, 0.25) is 0 Å². The minimum atomic E-state index is -3.79. The molecule has 0 unspecified atom stereocenters. The van der Waals surface area contributed by atoms with Crippen LogP contribution in [0.1, 0.15) is 38.3 Å².